The zero-order valence-electron chi connectivity index (χ0n) is 8.97. The highest BCUT2D eigenvalue weighted by Crippen LogP contribution is 2.26. The van der Waals surface area contributed by atoms with Crippen LogP contribution in [0.25, 0.3) is 0 Å². The molecule has 0 saturated heterocycles. The lowest BCUT2D eigenvalue weighted by Crippen LogP contribution is -2.14. The Morgan fingerprint density at radius 2 is 1.81 bits per heavy atom. The van der Waals surface area contributed by atoms with Gasteiger partial charge in [-0.25, -0.2) is 8.78 Å². The van der Waals surface area contributed by atoms with Crippen molar-refractivity contribution < 1.29 is 8.78 Å². The van der Waals surface area contributed by atoms with Crippen LogP contribution < -0.4 is 5.73 Å². The summed E-state index contributed by atoms with van der Waals surface area (Å²) >= 11 is 5.51. The van der Waals surface area contributed by atoms with Crippen molar-refractivity contribution in [3.8, 4) is 0 Å². The average Bonchev–Trinajstić information content (AvgIpc) is 2.12. The van der Waals surface area contributed by atoms with Crippen molar-refractivity contribution in [3.05, 3.63) is 34.4 Å². The molecule has 0 heterocycles. The summed E-state index contributed by atoms with van der Waals surface area (Å²) in [5, 5.41) is 0.0523. The van der Waals surface area contributed by atoms with Gasteiger partial charge >= 0.3 is 0 Å². The molecule has 0 aliphatic carbocycles. The largest absolute Gasteiger partial charge is 0.324 e. The molecular weight excluding hydrogens is 255 g/mol. The Morgan fingerprint density at radius 3 is 2.25 bits per heavy atom. The molecule has 1 rings (SSSR count). The summed E-state index contributed by atoms with van der Waals surface area (Å²) in [5.41, 5.74) is 5.65. The molecular formula is C11H15Cl2F2N. The first-order valence-electron chi connectivity index (χ1n) is 4.96. The Balaban J connectivity index is 0.00000225. The lowest BCUT2D eigenvalue weighted by molar-refractivity contribution is 0.502. The van der Waals surface area contributed by atoms with Crippen LogP contribution in [-0.4, -0.2) is 0 Å². The minimum atomic E-state index is -0.663. The molecule has 0 aromatic heterocycles. The van der Waals surface area contributed by atoms with Gasteiger partial charge in [0.25, 0.3) is 0 Å². The third-order valence-electron chi connectivity index (χ3n) is 2.28. The van der Waals surface area contributed by atoms with Gasteiger partial charge in [-0.15, -0.1) is 12.4 Å². The number of unbranched alkanes of at least 4 members (excludes halogenated alkanes) is 1. The molecule has 92 valence electrons. The van der Waals surface area contributed by atoms with Crippen molar-refractivity contribution in [3.63, 3.8) is 0 Å². The molecule has 16 heavy (non-hydrogen) atoms. The number of hydrogen-bond acceptors (Lipinski definition) is 1. The normalized spacial score (nSPS) is 12.1. The van der Waals surface area contributed by atoms with Gasteiger partial charge in [0.2, 0.25) is 0 Å². The summed E-state index contributed by atoms with van der Waals surface area (Å²) < 4.78 is 26.8. The van der Waals surface area contributed by atoms with Gasteiger partial charge in [-0.1, -0.05) is 31.4 Å². The van der Waals surface area contributed by atoms with Crippen LogP contribution in [-0.2, 0) is 0 Å². The van der Waals surface area contributed by atoms with Crippen LogP contribution in [0.1, 0.15) is 37.8 Å². The fourth-order valence-electron chi connectivity index (χ4n) is 1.48. The number of halogens is 4. The Hall–Kier alpha value is -0.380. The molecule has 0 aliphatic heterocycles. The highest BCUT2D eigenvalue weighted by Gasteiger charge is 2.17. The van der Waals surface area contributed by atoms with Crippen molar-refractivity contribution in [1.82, 2.24) is 0 Å². The van der Waals surface area contributed by atoms with Crippen molar-refractivity contribution in [2.24, 2.45) is 5.73 Å². The molecule has 0 bridgehead atoms. The maximum atomic E-state index is 13.4. The molecule has 5 heteroatoms. The van der Waals surface area contributed by atoms with Crippen LogP contribution in [0.3, 0.4) is 0 Å². The molecule has 0 saturated carbocycles. The van der Waals surface area contributed by atoms with E-state index < -0.39 is 17.7 Å². The van der Waals surface area contributed by atoms with Gasteiger partial charge < -0.3 is 5.73 Å². The van der Waals surface area contributed by atoms with Gasteiger partial charge in [0.05, 0.1) is 0 Å². The van der Waals surface area contributed by atoms with Crippen LogP contribution in [0.5, 0.6) is 0 Å². The van der Waals surface area contributed by atoms with Crippen LogP contribution in [0, 0.1) is 11.6 Å². The number of nitrogens with two attached hydrogens (primary N) is 1. The van der Waals surface area contributed by atoms with Crippen molar-refractivity contribution in [1.29, 1.82) is 0 Å². The fourth-order valence-corrected chi connectivity index (χ4v) is 1.67. The maximum absolute atomic E-state index is 13.4. The minimum absolute atomic E-state index is 0. The van der Waals surface area contributed by atoms with E-state index in [-0.39, 0.29) is 23.0 Å². The lowest BCUT2D eigenvalue weighted by atomic mass is 10.0. The monoisotopic (exact) mass is 269 g/mol. The molecule has 0 aliphatic rings. The molecule has 0 radical (unpaired) electrons. The van der Waals surface area contributed by atoms with Crippen molar-refractivity contribution in [2.75, 3.05) is 0 Å². The van der Waals surface area contributed by atoms with E-state index in [9.17, 15) is 8.78 Å². The van der Waals surface area contributed by atoms with Crippen molar-refractivity contribution >= 4 is 24.0 Å². The highest BCUT2D eigenvalue weighted by molar-refractivity contribution is 6.30. The van der Waals surface area contributed by atoms with E-state index in [1.165, 1.54) is 0 Å². The van der Waals surface area contributed by atoms with Crippen LogP contribution in [0.15, 0.2) is 12.1 Å². The topological polar surface area (TPSA) is 26.0 Å². The summed E-state index contributed by atoms with van der Waals surface area (Å²) in [6.45, 7) is 2.00. The zero-order chi connectivity index (χ0) is 11.4. The SMILES string of the molecule is CCCC[C@H](N)c1c(F)cc(Cl)cc1F.Cl. The van der Waals surface area contributed by atoms with E-state index in [0.717, 1.165) is 25.0 Å². The summed E-state index contributed by atoms with van der Waals surface area (Å²) in [7, 11) is 0. The molecule has 0 spiro atoms. The molecule has 0 amide bonds. The zero-order valence-corrected chi connectivity index (χ0v) is 10.5. The highest BCUT2D eigenvalue weighted by atomic mass is 35.5. The smallest absolute Gasteiger partial charge is 0.132 e. The predicted molar refractivity (Wildman–Crippen MR) is 65.1 cm³/mol. The third-order valence-corrected chi connectivity index (χ3v) is 2.50. The van der Waals surface area contributed by atoms with E-state index in [4.69, 9.17) is 17.3 Å². The van der Waals surface area contributed by atoms with E-state index in [0.29, 0.717) is 6.42 Å². The van der Waals surface area contributed by atoms with Crippen molar-refractivity contribution in [2.45, 2.75) is 32.2 Å². The van der Waals surface area contributed by atoms with Gasteiger partial charge in [0.1, 0.15) is 11.6 Å². The van der Waals surface area contributed by atoms with Crippen LogP contribution in [0.2, 0.25) is 5.02 Å². The fraction of sp³-hybridized carbons (Fsp3) is 0.455. The molecule has 1 aromatic rings. The molecule has 1 aromatic carbocycles. The summed E-state index contributed by atoms with van der Waals surface area (Å²) in [4.78, 5) is 0. The van der Waals surface area contributed by atoms with Gasteiger partial charge in [-0.2, -0.15) is 0 Å². The Kier molecular flexibility index (Phi) is 6.88. The molecule has 0 fully saturated rings. The minimum Gasteiger partial charge on any atom is -0.324 e. The van der Waals surface area contributed by atoms with Gasteiger partial charge in [-0.3, -0.25) is 0 Å². The predicted octanol–water partition coefficient (Wildman–Crippen LogP) is 4.23. The molecule has 1 atom stereocenters. The number of hydrogen-bond donors (Lipinski definition) is 1. The van der Waals surface area contributed by atoms with E-state index in [2.05, 4.69) is 0 Å². The number of benzene rings is 1. The van der Waals surface area contributed by atoms with E-state index in [1.54, 1.807) is 0 Å². The number of rotatable bonds is 4. The quantitative estimate of drug-likeness (QED) is 0.870. The third kappa shape index (κ3) is 3.89. The first-order valence-corrected chi connectivity index (χ1v) is 5.34. The first kappa shape index (κ1) is 15.6. The first-order chi connectivity index (χ1) is 7.06. The van der Waals surface area contributed by atoms with Gasteiger partial charge in [0.15, 0.2) is 0 Å². The Labute approximate surface area is 105 Å². The van der Waals surface area contributed by atoms with E-state index >= 15 is 0 Å². The average molecular weight is 270 g/mol. The molecule has 1 nitrogen and oxygen atoms in total. The van der Waals surface area contributed by atoms with Gasteiger partial charge in [-0.05, 0) is 18.6 Å². The second kappa shape index (κ2) is 7.05. The second-order valence-electron chi connectivity index (χ2n) is 3.53. The molecule has 0 unspecified atom stereocenters. The summed E-state index contributed by atoms with van der Waals surface area (Å²) in [6, 6.07) is 1.58. The van der Waals surface area contributed by atoms with Crippen LogP contribution >= 0.6 is 24.0 Å². The maximum Gasteiger partial charge on any atom is 0.132 e. The summed E-state index contributed by atoms with van der Waals surface area (Å²) in [6.07, 6.45) is 2.37. The Bertz CT molecular complexity index is 322. The molecule has 2 N–H and O–H groups in total. The van der Waals surface area contributed by atoms with Gasteiger partial charge in [0, 0.05) is 16.6 Å². The lowest BCUT2D eigenvalue weighted by Gasteiger charge is -2.13. The Morgan fingerprint density at radius 1 is 1.31 bits per heavy atom. The van der Waals surface area contributed by atoms with E-state index in [1.807, 2.05) is 6.92 Å². The standard InChI is InChI=1S/C11H14ClF2N.ClH/c1-2-3-4-10(15)11-8(13)5-7(12)6-9(11)14;/h5-6,10H,2-4,15H2,1H3;1H/t10-;/m0./s1. The second-order valence-corrected chi connectivity index (χ2v) is 3.97. The summed E-state index contributed by atoms with van der Waals surface area (Å²) in [5.74, 6) is -1.33. The van der Waals surface area contributed by atoms with Crippen LogP contribution in [0.4, 0.5) is 8.78 Å².